The molecule has 84 valence electrons. The lowest BCUT2D eigenvalue weighted by molar-refractivity contribution is 0.281. The first-order chi connectivity index (χ1) is 7.69. The maximum atomic E-state index is 8.92. The summed E-state index contributed by atoms with van der Waals surface area (Å²) in [6.07, 6.45) is 3.40. The van der Waals surface area contributed by atoms with Crippen molar-refractivity contribution >= 4 is 23.2 Å². The number of aliphatic hydroxyl groups is 1. The van der Waals surface area contributed by atoms with Gasteiger partial charge in [-0.1, -0.05) is 23.2 Å². The van der Waals surface area contributed by atoms with Crippen LogP contribution in [0.3, 0.4) is 0 Å². The van der Waals surface area contributed by atoms with E-state index in [1.165, 1.54) is 0 Å². The van der Waals surface area contributed by atoms with Crippen LogP contribution in [0, 0.1) is 0 Å². The van der Waals surface area contributed by atoms with Crippen molar-refractivity contribution in [2.24, 2.45) is 0 Å². The largest absolute Gasteiger partial charge is 0.392 e. The quantitative estimate of drug-likeness (QED) is 0.918. The van der Waals surface area contributed by atoms with Gasteiger partial charge in [-0.15, -0.1) is 0 Å². The van der Waals surface area contributed by atoms with Crippen molar-refractivity contribution in [3.63, 3.8) is 0 Å². The summed E-state index contributed by atoms with van der Waals surface area (Å²) in [7, 11) is 0. The Morgan fingerprint density at radius 1 is 1.31 bits per heavy atom. The van der Waals surface area contributed by atoms with Crippen LogP contribution in [0.25, 0.3) is 0 Å². The number of hydrogen-bond acceptors (Lipinski definition) is 2. The van der Waals surface area contributed by atoms with Crippen molar-refractivity contribution in [2.75, 3.05) is 0 Å². The summed E-state index contributed by atoms with van der Waals surface area (Å²) in [5, 5.41) is 14.3. The molecule has 1 aromatic carbocycles. The highest BCUT2D eigenvalue weighted by Crippen LogP contribution is 2.21. The Hall–Kier alpha value is -1.03. The van der Waals surface area contributed by atoms with Crippen molar-refractivity contribution < 1.29 is 5.11 Å². The number of aliphatic hydroxyl groups excluding tert-OH is 1. The molecule has 0 saturated carbocycles. The standard InChI is InChI=1S/C11H10Cl2N2O/c12-10-1-2-11(13)9(3-10)6-15-5-8(7-16)4-14-15/h1-5,16H,6-7H2. The smallest absolute Gasteiger partial charge is 0.0712 e. The molecule has 2 rings (SSSR count). The molecule has 0 amide bonds. The molecule has 0 unspecified atom stereocenters. The van der Waals surface area contributed by atoms with Crippen LogP contribution in [0.1, 0.15) is 11.1 Å². The van der Waals surface area contributed by atoms with Crippen LogP contribution in [-0.4, -0.2) is 14.9 Å². The number of nitrogens with zero attached hydrogens (tertiary/aromatic N) is 2. The molecule has 0 saturated heterocycles. The van der Waals surface area contributed by atoms with Crippen LogP contribution in [-0.2, 0) is 13.2 Å². The van der Waals surface area contributed by atoms with Crippen LogP contribution in [0.4, 0.5) is 0 Å². The summed E-state index contributed by atoms with van der Waals surface area (Å²) in [5.74, 6) is 0. The number of hydrogen-bond donors (Lipinski definition) is 1. The van der Waals surface area contributed by atoms with Gasteiger partial charge in [-0.2, -0.15) is 5.10 Å². The maximum Gasteiger partial charge on any atom is 0.0712 e. The van der Waals surface area contributed by atoms with Gasteiger partial charge in [0.15, 0.2) is 0 Å². The van der Waals surface area contributed by atoms with Gasteiger partial charge in [-0.3, -0.25) is 4.68 Å². The van der Waals surface area contributed by atoms with Gasteiger partial charge in [-0.25, -0.2) is 0 Å². The van der Waals surface area contributed by atoms with Crippen LogP contribution >= 0.6 is 23.2 Å². The van der Waals surface area contributed by atoms with Gasteiger partial charge in [0.2, 0.25) is 0 Å². The molecule has 1 heterocycles. The zero-order valence-corrected chi connectivity index (χ0v) is 9.91. The van der Waals surface area contributed by atoms with Gasteiger partial charge < -0.3 is 5.11 Å². The third-order valence-electron chi connectivity index (χ3n) is 2.21. The molecule has 1 aromatic heterocycles. The third-order valence-corrected chi connectivity index (χ3v) is 2.81. The Bertz CT molecular complexity index is 496. The second kappa shape index (κ2) is 4.87. The normalized spacial score (nSPS) is 10.7. The van der Waals surface area contributed by atoms with Crippen LogP contribution in [0.2, 0.25) is 10.0 Å². The molecule has 1 N–H and O–H groups in total. The average Bonchev–Trinajstić information content (AvgIpc) is 2.71. The van der Waals surface area contributed by atoms with Gasteiger partial charge in [0.05, 0.1) is 19.3 Å². The summed E-state index contributed by atoms with van der Waals surface area (Å²) in [4.78, 5) is 0. The highest BCUT2D eigenvalue weighted by molar-refractivity contribution is 6.33. The minimum Gasteiger partial charge on any atom is -0.392 e. The zero-order chi connectivity index (χ0) is 11.5. The van der Waals surface area contributed by atoms with Crippen molar-refractivity contribution in [2.45, 2.75) is 13.2 Å². The van der Waals surface area contributed by atoms with Gasteiger partial charge in [0, 0.05) is 21.8 Å². The molecule has 0 aliphatic rings. The minimum absolute atomic E-state index is 0.0106. The summed E-state index contributed by atoms with van der Waals surface area (Å²) in [5.41, 5.74) is 1.68. The second-order valence-corrected chi connectivity index (χ2v) is 4.28. The second-order valence-electron chi connectivity index (χ2n) is 3.44. The van der Waals surface area contributed by atoms with Gasteiger partial charge in [-0.05, 0) is 23.8 Å². The number of halogens is 2. The predicted molar refractivity (Wildman–Crippen MR) is 63.7 cm³/mol. The highest BCUT2D eigenvalue weighted by Gasteiger charge is 2.04. The molecule has 3 nitrogen and oxygen atoms in total. The van der Waals surface area contributed by atoms with E-state index in [1.54, 1.807) is 29.2 Å². The monoisotopic (exact) mass is 256 g/mol. The summed E-state index contributed by atoms with van der Waals surface area (Å²) in [6.45, 7) is 0.530. The van der Waals surface area contributed by atoms with Gasteiger partial charge in [0.1, 0.15) is 0 Å². The Morgan fingerprint density at radius 3 is 2.81 bits per heavy atom. The van der Waals surface area contributed by atoms with Gasteiger partial charge >= 0.3 is 0 Å². The van der Waals surface area contributed by atoms with E-state index >= 15 is 0 Å². The minimum atomic E-state index is -0.0106. The molecular formula is C11H10Cl2N2O. The molecule has 2 aromatic rings. The molecular weight excluding hydrogens is 247 g/mol. The molecule has 0 aliphatic heterocycles. The van der Waals surface area contributed by atoms with E-state index < -0.39 is 0 Å². The number of benzene rings is 1. The van der Waals surface area contributed by atoms with Crippen LogP contribution in [0.15, 0.2) is 30.6 Å². The Kier molecular flexibility index (Phi) is 3.49. The molecule has 0 fully saturated rings. The van der Waals surface area contributed by atoms with Crippen LogP contribution in [0.5, 0.6) is 0 Å². The number of aromatic nitrogens is 2. The van der Waals surface area contributed by atoms with E-state index in [1.807, 2.05) is 6.07 Å². The Balaban J connectivity index is 2.22. The molecule has 5 heteroatoms. The number of rotatable bonds is 3. The van der Waals surface area contributed by atoms with Crippen LogP contribution < -0.4 is 0 Å². The lowest BCUT2D eigenvalue weighted by Gasteiger charge is -2.04. The molecule has 0 spiro atoms. The Morgan fingerprint density at radius 2 is 2.12 bits per heavy atom. The lowest BCUT2D eigenvalue weighted by atomic mass is 10.2. The highest BCUT2D eigenvalue weighted by atomic mass is 35.5. The van der Waals surface area contributed by atoms with E-state index in [2.05, 4.69) is 5.10 Å². The average molecular weight is 257 g/mol. The third kappa shape index (κ3) is 2.55. The maximum absolute atomic E-state index is 8.92. The van der Waals surface area contributed by atoms with Crippen molar-refractivity contribution in [1.29, 1.82) is 0 Å². The van der Waals surface area contributed by atoms with Crippen molar-refractivity contribution in [3.8, 4) is 0 Å². The zero-order valence-electron chi connectivity index (χ0n) is 8.40. The first-order valence-corrected chi connectivity index (χ1v) is 5.51. The van der Waals surface area contributed by atoms with E-state index in [-0.39, 0.29) is 6.61 Å². The van der Waals surface area contributed by atoms with E-state index in [0.29, 0.717) is 16.6 Å². The summed E-state index contributed by atoms with van der Waals surface area (Å²) in [6, 6.07) is 5.31. The predicted octanol–water partition coefficient (Wildman–Crippen LogP) is 2.73. The molecule has 16 heavy (non-hydrogen) atoms. The summed E-state index contributed by atoms with van der Waals surface area (Å²) >= 11 is 11.9. The van der Waals surface area contributed by atoms with E-state index in [4.69, 9.17) is 28.3 Å². The fraction of sp³-hybridized carbons (Fsp3) is 0.182. The molecule has 0 atom stereocenters. The molecule has 0 aliphatic carbocycles. The first-order valence-electron chi connectivity index (χ1n) is 4.75. The fourth-order valence-corrected chi connectivity index (χ4v) is 1.79. The summed E-state index contributed by atoms with van der Waals surface area (Å²) < 4.78 is 1.71. The lowest BCUT2D eigenvalue weighted by Crippen LogP contribution is -2.00. The van der Waals surface area contributed by atoms with Crippen molar-refractivity contribution in [1.82, 2.24) is 9.78 Å². The van der Waals surface area contributed by atoms with E-state index in [9.17, 15) is 0 Å². The molecule has 0 radical (unpaired) electrons. The van der Waals surface area contributed by atoms with E-state index in [0.717, 1.165) is 11.1 Å². The topological polar surface area (TPSA) is 38.1 Å². The fourth-order valence-electron chi connectivity index (χ4n) is 1.41. The first kappa shape index (κ1) is 11.5. The Labute approximate surface area is 103 Å². The van der Waals surface area contributed by atoms with Crippen molar-refractivity contribution in [3.05, 3.63) is 51.8 Å². The molecule has 0 bridgehead atoms. The SMILES string of the molecule is OCc1cnn(Cc2cc(Cl)ccc2Cl)c1. The van der Waals surface area contributed by atoms with Gasteiger partial charge in [0.25, 0.3) is 0 Å².